The third-order valence-electron chi connectivity index (χ3n) is 5.46. The molecule has 1 N–H and O–H groups in total. The van der Waals surface area contributed by atoms with Gasteiger partial charge in [-0.2, -0.15) is 9.57 Å². The fraction of sp³-hybridized carbons (Fsp3) is 0.200. The van der Waals surface area contributed by atoms with E-state index in [4.69, 9.17) is 0 Å². The van der Waals surface area contributed by atoms with Gasteiger partial charge >= 0.3 is 0 Å². The Hall–Kier alpha value is -3.45. The molecular formula is C25H25N5O2S2. The van der Waals surface area contributed by atoms with Gasteiger partial charge in [0, 0.05) is 31.5 Å². The van der Waals surface area contributed by atoms with E-state index in [0.717, 1.165) is 16.9 Å². The summed E-state index contributed by atoms with van der Waals surface area (Å²) in [6.07, 6.45) is 3.38. The van der Waals surface area contributed by atoms with Crippen molar-refractivity contribution >= 4 is 27.0 Å². The molecule has 0 radical (unpaired) electrons. The number of nitrogens with zero attached hydrogens (tertiary/aromatic N) is 4. The number of aryl methyl sites for hydroxylation is 1. The molecule has 1 aliphatic rings. The summed E-state index contributed by atoms with van der Waals surface area (Å²) >= 11 is 1.22. The minimum absolute atomic E-state index is 0.241. The molecule has 0 aliphatic carbocycles. The molecule has 2 aromatic heterocycles. The molecule has 174 valence electrons. The molecule has 3 heterocycles. The molecule has 0 fully saturated rings. The number of anilines is 1. The number of fused-ring (bicyclic) bond motifs is 1. The average molecular weight is 492 g/mol. The van der Waals surface area contributed by atoms with Crippen molar-refractivity contribution in [2.24, 2.45) is 0 Å². The summed E-state index contributed by atoms with van der Waals surface area (Å²) in [7, 11) is -3.57. The summed E-state index contributed by atoms with van der Waals surface area (Å²) in [6.45, 7) is 3.82. The predicted molar refractivity (Wildman–Crippen MR) is 134 cm³/mol. The first-order chi connectivity index (χ1) is 16.5. The lowest BCUT2D eigenvalue weighted by atomic mass is 10.1. The van der Waals surface area contributed by atoms with Gasteiger partial charge in [0.2, 0.25) is 0 Å². The summed E-state index contributed by atoms with van der Waals surface area (Å²) in [6, 6.07) is 21.2. The molecule has 0 saturated carbocycles. The van der Waals surface area contributed by atoms with E-state index >= 15 is 0 Å². The van der Waals surface area contributed by atoms with Crippen molar-refractivity contribution in [3.05, 3.63) is 101 Å². The maximum Gasteiger partial charge on any atom is 0.252 e. The van der Waals surface area contributed by atoms with E-state index in [1.54, 1.807) is 42.2 Å². The lowest BCUT2D eigenvalue weighted by Gasteiger charge is -2.24. The van der Waals surface area contributed by atoms with Gasteiger partial charge in [0.15, 0.2) is 0 Å². The highest BCUT2D eigenvalue weighted by Gasteiger charge is 2.30. The second-order valence-electron chi connectivity index (χ2n) is 7.88. The quantitative estimate of drug-likeness (QED) is 0.452. The summed E-state index contributed by atoms with van der Waals surface area (Å²) in [4.78, 5) is 9.26. The predicted octanol–water partition coefficient (Wildman–Crippen LogP) is 4.55. The van der Waals surface area contributed by atoms with Crippen LogP contribution in [0.25, 0.3) is 0 Å². The number of aromatic amines is 1. The Morgan fingerprint density at radius 3 is 2.56 bits per heavy atom. The lowest BCUT2D eigenvalue weighted by molar-refractivity contribution is 0.419. The van der Waals surface area contributed by atoms with Crippen LogP contribution in [0.15, 0.2) is 82.8 Å². The van der Waals surface area contributed by atoms with Gasteiger partial charge in [0.25, 0.3) is 10.0 Å². The summed E-state index contributed by atoms with van der Waals surface area (Å²) in [5, 5.41) is 11.0. The summed E-state index contributed by atoms with van der Waals surface area (Å²) < 4.78 is 27.9. The lowest BCUT2D eigenvalue weighted by Crippen LogP contribution is -2.35. The van der Waals surface area contributed by atoms with Gasteiger partial charge in [-0.3, -0.25) is 0 Å². The number of thiophene rings is 1. The van der Waals surface area contributed by atoms with E-state index in [1.807, 2.05) is 24.3 Å². The molecule has 2 aromatic carbocycles. The molecule has 4 aromatic rings. The third-order valence-corrected chi connectivity index (χ3v) is 8.68. The Bertz CT molecular complexity index is 1350. The van der Waals surface area contributed by atoms with E-state index in [1.165, 1.54) is 21.2 Å². The van der Waals surface area contributed by atoms with Crippen molar-refractivity contribution in [1.29, 1.82) is 5.26 Å². The van der Waals surface area contributed by atoms with Gasteiger partial charge in [0.05, 0.1) is 30.2 Å². The second kappa shape index (κ2) is 10.7. The molecule has 0 bridgehead atoms. The van der Waals surface area contributed by atoms with E-state index in [0.29, 0.717) is 29.4 Å². The van der Waals surface area contributed by atoms with Crippen LogP contribution in [-0.4, -0.2) is 35.8 Å². The minimum Gasteiger partial charge on any atom is -0.364 e. The molecule has 0 saturated heterocycles. The van der Waals surface area contributed by atoms with Crippen LogP contribution in [0.2, 0.25) is 0 Å². The molecule has 7 nitrogen and oxygen atoms in total. The number of nitrogens with one attached hydrogen (secondary N) is 1. The van der Waals surface area contributed by atoms with E-state index in [-0.39, 0.29) is 6.54 Å². The maximum atomic E-state index is 13.0. The molecular weight excluding hydrogens is 466 g/mol. The largest absolute Gasteiger partial charge is 0.364 e. The van der Waals surface area contributed by atoms with Crippen LogP contribution in [0, 0.1) is 18.3 Å². The molecule has 34 heavy (non-hydrogen) atoms. The second-order valence-corrected chi connectivity index (χ2v) is 11.0. The van der Waals surface area contributed by atoms with Crippen molar-refractivity contribution in [3.63, 3.8) is 0 Å². The van der Waals surface area contributed by atoms with E-state index < -0.39 is 10.0 Å². The fourth-order valence-corrected chi connectivity index (χ4v) is 6.28. The van der Waals surface area contributed by atoms with E-state index in [2.05, 4.69) is 40.0 Å². The van der Waals surface area contributed by atoms with Gasteiger partial charge in [-0.25, -0.2) is 13.4 Å². The molecule has 1 aliphatic heterocycles. The average Bonchev–Trinajstić information content (AvgIpc) is 3.53. The van der Waals surface area contributed by atoms with Crippen LogP contribution in [0.1, 0.15) is 22.4 Å². The highest BCUT2D eigenvalue weighted by molar-refractivity contribution is 7.91. The van der Waals surface area contributed by atoms with Crippen molar-refractivity contribution in [3.8, 4) is 6.07 Å². The normalized spacial score (nSPS) is 13.8. The standard InChI is InChI=1S/C18H17N5O2S2.C7H8/c19-9-14-3-4-17-15(8-14)11-23(27(24,25)18-2-1-7-26-18)6-5-22(17)12-16-10-20-13-21-16;1-7-5-3-2-4-6-7/h1-4,7-8,10,13H,5-6,11-12H2,(H,20,21);2-6H,1H3. The molecule has 0 amide bonds. The first kappa shape index (κ1) is 23.7. The van der Waals surface area contributed by atoms with Crippen molar-refractivity contribution in [2.75, 3.05) is 18.0 Å². The maximum absolute atomic E-state index is 13.0. The topological polar surface area (TPSA) is 93.1 Å². The fourth-order valence-electron chi connectivity index (χ4n) is 3.73. The number of benzene rings is 2. The highest BCUT2D eigenvalue weighted by Crippen LogP contribution is 2.31. The smallest absolute Gasteiger partial charge is 0.252 e. The van der Waals surface area contributed by atoms with Crippen LogP contribution < -0.4 is 4.90 Å². The Kier molecular flexibility index (Phi) is 7.43. The summed E-state index contributed by atoms with van der Waals surface area (Å²) in [5.74, 6) is 0. The Labute approximate surface area is 204 Å². The first-order valence-corrected chi connectivity index (χ1v) is 13.1. The zero-order chi connectivity index (χ0) is 24.0. The Balaban J connectivity index is 0.000000336. The van der Waals surface area contributed by atoms with Gasteiger partial charge in [0.1, 0.15) is 4.21 Å². The number of nitriles is 1. The SMILES string of the molecule is Cc1ccccc1.N#Cc1ccc2c(c1)CN(S(=O)(=O)c1cccs1)CCN2Cc1cnc[nH]1. The number of H-pyrrole nitrogens is 1. The van der Waals surface area contributed by atoms with Gasteiger partial charge in [-0.15, -0.1) is 11.3 Å². The van der Waals surface area contributed by atoms with Crippen LogP contribution in [-0.2, 0) is 23.1 Å². The number of sulfonamides is 1. The minimum atomic E-state index is -3.57. The van der Waals surface area contributed by atoms with Crippen LogP contribution >= 0.6 is 11.3 Å². The summed E-state index contributed by atoms with van der Waals surface area (Å²) in [5.41, 5.74) is 4.55. The Morgan fingerprint density at radius 2 is 1.94 bits per heavy atom. The molecule has 0 unspecified atom stereocenters. The van der Waals surface area contributed by atoms with Crippen LogP contribution in [0.4, 0.5) is 5.69 Å². The van der Waals surface area contributed by atoms with Crippen molar-refractivity contribution in [1.82, 2.24) is 14.3 Å². The Morgan fingerprint density at radius 1 is 1.12 bits per heavy atom. The third kappa shape index (κ3) is 5.54. The molecule has 0 spiro atoms. The highest BCUT2D eigenvalue weighted by atomic mass is 32.2. The number of aromatic nitrogens is 2. The van der Waals surface area contributed by atoms with Crippen LogP contribution in [0.5, 0.6) is 0 Å². The van der Waals surface area contributed by atoms with Crippen molar-refractivity contribution in [2.45, 2.75) is 24.2 Å². The van der Waals surface area contributed by atoms with Crippen LogP contribution in [0.3, 0.4) is 0 Å². The monoisotopic (exact) mass is 491 g/mol. The zero-order valence-electron chi connectivity index (χ0n) is 18.8. The number of hydrogen-bond acceptors (Lipinski definition) is 6. The van der Waals surface area contributed by atoms with E-state index in [9.17, 15) is 13.7 Å². The van der Waals surface area contributed by atoms with Gasteiger partial charge in [-0.1, -0.05) is 42.0 Å². The number of imidazole rings is 1. The number of rotatable bonds is 4. The molecule has 5 rings (SSSR count). The van der Waals surface area contributed by atoms with Gasteiger partial charge in [-0.05, 0) is 42.1 Å². The molecule has 9 heteroatoms. The zero-order valence-corrected chi connectivity index (χ0v) is 20.4. The first-order valence-electron chi connectivity index (χ1n) is 10.8. The molecule has 0 atom stereocenters. The number of hydrogen-bond donors (Lipinski definition) is 1. The van der Waals surface area contributed by atoms with Crippen molar-refractivity contribution < 1.29 is 8.42 Å². The van der Waals surface area contributed by atoms with Gasteiger partial charge < -0.3 is 9.88 Å².